The second-order valence-electron chi connectivity index (χ2n) is 12.7. The molecule has 0 heterocycles. The van der Waals surface area contributed by atoms with Crippen LogP contribution in [0.4, 0.5) is 39.8 Å². The van der Waals surface area contributed by atoms with Crippen molar-refractivity contribution in [1.29, 1.82) is 0 Å². The Labute approximate surface area is 329 Å². The lowest BCUT2D eigenvalue weighted by molar-refractivity contribution is -0.105. The van der Waals surface area contributed by atoms with Crippen LogP contribution in [-0.2, 0) is 35.1 Å². The average molecular weight is 848 g/mol. The molecule has 0 aliphatic heterocycles. The van der Waals surface area contributed by atoms with Crippen LogP contribution in [0, 0.1) is 20.8 Å². The number of aryl methyl sites for hydroxylation is 3. The number of carbonyl (C=O) groups excluding carboxylic acids is 1. The van der Waals surface area contributed by atoms with Gasteiger partial charge in [-0.3, -0.25) is 18.5 Å². The van der Waals surface area contributed by atoms with Crippen molar-refractivity contribution in [3.63, 3.8) is 0 Å². The lowest BCUT2D eigenvalue weighted by Gasteiger charge is -2.10. The molecular weight excluding hydrogens is 819 g/mol. The van der Waals surface area contributed by atoms with Gasteiger partial charge in [-0.15, -0.1) is 10.2 Å². The largest absolute Gasteiger partial charge is 0.506 e. The monoisotopic (exact) mass is 847 g/mol. The molecule has 0 saturated heterocycles. The van der Waals surface area contributed by atoms with Gasteiger partial charge in [-0.1, -0.05) is 6.07 Å². The lowest BCUT2D eigenvalue weighted by Crippen LogP contribution is -2.04. The smallest absolute Gasteiger partial charge is 0.296 e. The Kier molecular flexibility index (Phi) is 10.9. The molecule has 0 aromatic heterocycles. The molecule has 0 atom stereocenters. The van der Waals surface area contributed by atoms with Crippen molar-refractivity contribution in [2.24, 2.45) is 30.7 Å². The third-order valence-electron chi connectivity index (χ3n) is 8.61. The number of hydrogen-bond acceptors (Lipinski definition) is 15. The highest BCUT2D eigenvalue weighted by Gasteiger charge is 2.23. The Morgan fingerprint density at radius 2 is 1.10 bits per heavy atom. The predicted octanol–water partition coefficient (Wildman–Crippen LogP) is 8.88. The molecule has 0 spiro atoms. The number of phenols is 2. The van der Waals surface area contributed by atoms with Crippen LogP contribution in [0.3, 0.4) is 0 Å². The molecule has 0 saturated carbocycles. The number of nitrogens with zero attached hydrogens (tertiary/aromatic N) is 6. The van der Waals surface area contributed by atoms with Gasteiger partial charge in [-0.05, 0) is 115 Å². The fourth-order valence-electron chi connectivity index (χ4n) is 5.70. The van der Waals surface area contributed by atoms with Crippen LogP contribution in [0.2, 0.25) is 0 Å². The minimum absolute atomic E-state index is 0.0621. The van der Waals surface area contributed by atoms with E-state index in [0.717, 1.165) is 12.1 Å². The number of aromatic hydroxyl groups is 2. The molecule has 6 rings (SSSR count). The summed E-state index contributed by atoms with van der Waals surface area (Å²) in [5.41, 5.74) is 2.48. The SMILES string of the molecule is Cc1cc(N=Nc2cc(O)c(N=Nc3c(S(=O)(=O)O)cc4cc(NC=O)ccc4c3O)cc2C)c(C)cc1N=Nc1ccc2cc(S(=O)(=O)O)cc(S(=O)(=O)O)c2c1. The van der Waals surface area contributed by atoms with Gasteiger partial charge in [0, 0.05) is 22.5 Å². The Bertz CT molecular complexity index is 3150. The summed E-state index contributed by atoms with van der Waals surface area (Å²) in [6.07, 6.45) is 0.411. The van der Waals surface area contributed by atoms with Gasteiger partial charge in [-0.25, -0.2) is 0 Å². The highest BCUT2D eigenvalue weighted by Crippen LogP contribution is 2.43. The highest BCUT2D eigenvalue weighted by molar-refractivity contribution is 7.87. The van der Waals surface area contributed by atoms with E-state index >= 15 is 0 Å². The van der Waals surface area contributed by atoms with Gasteiger partial charge in [-0.2, -0.15) is 45.7 Å². The maximum atomic E-state index is 12.2. The van der Waals surface area contributed by atoms with Crippen LogP contribution in [0.1, 0.15) is 16.7 Å². The summed E-state index contributed by atoms with van der Waals surface area (Å²) in [4.78, 5) is 8.59. The van der Waals surface area contributed by atoms with E-state index in [1.54, 1.807) is 32.9 Å². The molecule has 0 fully saturated rings. The molecule has 6 aromatic rings. The first kappa shape index (κ1) is 41.1. The number of benzene rings is 6. The highest BCUT2D eigenvalue weighted by atomic mass is 32.2. The molecule has 0 unspecified atom stereocenters. The van der Waals surface area contributed by atoms with E-state index in [4.69, 9.17) is 0 Å². The van der Waals surface area contributed by atoms with Crippen molar-refractivity contribution in [3.8, 4) is 11.5 Å². The number of carbonyl (C=O) groups is 1. The summed E-state index contributed by atoms with van der Waals surface area (Å²) in [6, 6.07) is 17.0. The minimum Gasteiger partial charge on any atom is -0.506 e. The van der Waals surface area contributed by atoms with Gasteiger partial charge in [0.15, 0.2) is 5.75 Å². The van der Waals surface area contributed by atoms with E-state index in [0.29, 0.717) is 46.2 Å². The van der Waals surface area contributed by atoms with Gasteiger partial charge in [0.2, 0.25) is 6.41 Å². The Morgan fingerprint density at radius 3 is 1.69 bits per heavy atom. The Hall–Kier alpha value is -6.56. The van der Waals surface area contributed by atoms with E-state index < -0.39 is 62.2 Å². The number of hydrogen-bond donors (Lipinski definition) is 6. The minimum atomic E-state index is -4.93. The van der Waals surface area contributed by atoms with E-state index in [1.807, 2.05) is 0 Å². The zero-order valence-corrected chi connectivity index (χ0v) is 32.5. The maximum absolute atomic E-state index is 12.2. The number of rotatable bonds is 11. The topological polar surface area (TPSA) is 307 Å². The molecule has 1 amide bonds. The first-order valence-corrected chi connectivity index (χ1v) is 20.7. The summed E-state index contributed by atoms with van der Waals surface area (Å²) in [5, 5.41) is 49.2. The van der Waals surface area contributed by atoms with Crippen molar-refractivity contribution >= 4 is 98.1 Å². The summed E-state index contributed by atoms with van der Waals surface area (Å²) in [7, 11) is -14.6. The summed E-state index contributed by atoms with van der Waals surface area (Å²) in [6.45, 7) is 5.09. The summed E-state index contributed by atoms with van der Waals surface area (Å²) >= 11 is 0. The van der Waals surface area contributed by atoms with E-state index in [1.165, 1.54) is 48.5 Å². The van der Waals surface area contributed by atoms with Crippen LogP contribution in [0.5, 0.6) is 11.5 Å². The molecule has 0 aliphatic carbocycles. The first-order chi connectivity index (χ1) is 27.1. The standard InChI is InChI=1S/C36H29N7O12S3/c1-18-9-29(19(2)8-28(18)39-38-24-5-4-21-12-25(56(47,48)49)15-33(27(21)14-24)57(50,51)52)40-41-30-16-32(45)31(10-20(30)3)42-43-35-34(58(53,54)55)13-22-11-23(37-17-44)6-7-26(22)36(35)46/h4-17,45-46H,1-3H3,(H,37,44)(H,47,48,49)(H,50,51,52)(H,53,54,55). The number of azo groups is 3. The number of fused-ring (bicyclic) bond motifs is 2. The van der Waals surface area contributed by atoms with Crippen LogP contribution >= 0.6 is 0 Å². The van der Waals surface area contributed by atoms with Crippen molar-refractivity contribution in [3.05, 3.63) is 95.6 Å². The molecular formula is C36H29N7O12S3. The van der Waals surface area contributed by atoms with Gasteiger partial charge in [0.05, 0.1) is 27.6 Å². The number of anilines is 1. The van der Waals surface area contributed by atoms with Crippen LogP contribution in [-0.4, -0.2) is 55.5 Å². The van der Waals surface area contributed by atoms with Crippen LogP contribution in [0.25, 0.3) is 21.5 Å². The van der Waals surface area contributed by atoms with Crippen molar-refractivity contribution < 1.29 is 53.9 Å². The Morgan fingerprint density at radius 1 is 0.534 bits per heavy atom. The average Bonchev–Trinajstić information content (AvgIpc) is 3.13. The van der Waals surface area contributed by atoms with E-state index in [9.17, 15) is 53.9 Å². The van der Waals surface area contributed by atoms with Gasteiger partial charge >= 0.3 is 0 Å². The molecule has 6 N–H and O–H groups in total. The predicted molar refractivity (Wildman–Crippen MR) is 210 cm³/mol. The molecule has 298 valence electrons. The second-order valence-corrected chi connectivity index (χ2v) is 16.9. The van der Waals surface area contributed by atoms with Crippen molar-refractivity contribution in [2.75, 3.05) is 5.32 Å². The molecule has 58 heavy (non-hydrogen) atoms. The molecule has 0 bridgehead atoms. The number of amides is 1. The quantitative estimate of drug-likeness (QED) is 0.0404. The number of nitrogens with one attached hydrogen (secondary N) is 1. The summed E-state index contributed by atoms with van der Waals surface area (Å²) in [5.74, 6) is -1.06. The molecule has 22 heteroatoms. The zero-order valence-electron chi connectivity index (χ0n) is 30.1. The summed E-state index contributed by atoms with van der Waals surface area (Å²) < 4.78 is 101. The molecule has 19 nitrogen and oxygen atoms in total. The van der Waals surface area contributed by atoms with Gasteiger partial charge in [0.25, 0.3) is 30.4 Å². The number of phenolic OH excluding ortho intramolecular Hbond substituents is 2. The second kappa shape index (κ2) is 15.4. The molecule has 6 aromatic carbocycles. The fourth-order valence-corrected chi connectivity index (χ4v) is 7.70. The van der Waals surface area contributed by atoms with Gasteiger partial charge in [0.1, 0.15) is 26.9 Å². The van der Waals surface area contributed by atoms with Gasteiger partial charge < -0.3 is 15.5 Å². The third-order valence-corrected chi connectivity index (χ3v) is 11.2. The fraction of sp³-hybridized carbons (Fsp3) is 0.0833. The Balaban J connectivity index is 1.26. The third kappa shape index (κ3) is 8.71. The molecule has 0 radical (unpaired) electrons. The van der Waals surface area contributed by atoms with Crippen molar-refractivity contribution in [2.45, 2.75) is 35.5 Å². The van der Waals surface area contributed by atoms with E-state index in [-0.39, 0.29) is 38.6 Å². The molecule has 0 aliphatic rings. The lowest BCUT2D eigenvalue weighted by atomic mass is 10.1. The normalized spacial score (nSPS) is 12.7. The van der Waals surface area contributed by atoms with E-state index in [2.05, 4.69) is 36.0 Å². The van der Waals surface area contributed by atoms with Crippen molar-refractivity contribution in [1.82, 2.24) is 0 Å². The van der Waals surface area contributed by atoms with Crippen LogP contribution < -0.4 is 5.32 Å². The zero-order chi connectivity index (χ0) is 42.3. The maximum Gasteiger partial charge on any atom is 0.296 e. The first-order valence-electron chi connectivity index (χ1n) is 16.3. The van der Waals surface area contributed by atoms with Crippen LogP contribution in [0.15, 0.2) is 124 Å².